The fourth-order valence-corrected chi connectivity index (χ4v) is 3.29. The molecule has 0 aromatic heterocycles. The van der Waals surface area contributed by atoms with Gasteiger partial charge in [-0.3, -0.25) is 4.79 Å². The fraction of sp³-hybridized carbons (Fsp3) is 0.929. The van der Waals surface area contributed by atoms with Gasteiger partial charge in [0.15, 0.2) is 0 Å². The van der Waals surface area contributed by atoms with Crippen molar-refractivity contribution in [3.63, 3.8) is 0 Å². The van der Waals surface area contributed by atoms with Crippen LogP contribution in [0.1, 0.15) is 45.4 Å². The van der Waals surface area contributed by atoms with Gasteiger partial charge in [0.05, 0.1) is 0 Å². The number of carbonyl (C=O) groups is 1. The Morgan fingerprint density at radius 2 is 2.11 bits per heavy atom. The third kappa shape index (κ3) is 3.45. The van der Waals surface area contributed by atoms with Crippen molar-refractivity contribution in [3.05, 3.63) is 0 Å². The summed E-state index contributed by atoms with van der Waals surface area (Å²) in [4.78, 5) is 12.3. The van der Waals surface area contributed by atoms with Crippen LogP contribution in [0.5, 0.6) is 0 Å². The molecule has 1 amide bonds. The van der Waals surface area contributed by atoms with E-state index in [-0.39, 0.29) is 30.4 Å². The van der Waals surface area contributed by atoms with Crippen molar-refractivity contribution >= 4 is 5.91 Å². The van der Waals surface area contributed by atoms with E-state index in [1.807, 2.05) is 0 Å². The first-order valence-electron chi connectivity index (χ1n) is 7.35. The second-order valence-corrected chi connectivity index (χ2v) is 5.92. The van der Waals surface area contributed by atoms with Gasteiger partial charge in [0.2, 0.25) is 5.91 Å². The van der Waals surface area contributed by atoms with Gasteiger partial charge in [-0.2, -0.15) is 0 Å². The molecule has 1 aliphatic heterocycles. The Bertz CT molecular complexity index is 283. The molecule has 4 nitrogen and oxygen atoms in total. The highest BCUT2D eigenvalue weighted by Gasteiger charge is 2.30. The molecular formula is C14H26N2O2. The number of aliphatic hydroxyl groups is 1. The lowest BCUT2D eigenvalue weighted by Crippen LogP contribution is -2.48. The van der Waals surface area contributed by atoms with Crippen molar-refractivity contribution in [1.82, 2.24) is 10.6 Å². The second kappa shape index (κ2) is 6.53. The van der Waals surface area contributed by atoms with Gasteiger partial charge in [-0.05, 0) is 39.2 Å². The summed E-state index contributed by atoms with van der Waals surface area (Å²) in [5.74, 6) is 0.623. The van der Waals surface area contributed by atoms with Crippen LogP contribution in [0.4, 0.5) is 0 Å². The maximum Gasteiger partial charge on any atom is 0.223 e. The van der Waals surface area contributed by atoms with Crippen LogP contribution in [0.25, 0.3) is 0 Å². The summed E-state index contributed by atoms with van der Waals surface area (Å²) in [6, 6.07) is 0.635. The molecule has 1 saturated heterocycles. The monoisotopic (exact) mass is 254 g/mol. The van der Waals surface area contributed by atoms with Gasteiger partial charge < -0.3 is 15.7 Å². The zero-order chi connectivity index (χ0) is 13.0. The number of rotatable bonds is 3. The van der Waals surface area contributed by atoms with Gasteiger partial charge in [-0.15, -0.1) is 0 Å². The summed E-state index contributed by atoms with van der Waals surface area (Å²) in [5.41, 5.74) is 0. The lowest BCUT2D eigenvalue weighted by atomic mass is 9.84. The van der Waals surface area contributed by atoms with Crippen LogP contribution >= 0.6 is 0 Å². The molecule has 1 saturated carbocycles. The highest BCUT2D eigenvalue weighted by molar-refractivity contribution is 5.79. The van der Waals surface area contributed by atoms with E-state index in [1.165, 1.54) is 12.8 Å². The topological polar surface area (TPSA) is 61.4 Å². The maximum absolute atomic E-state index is 12.3. The summed E-state index contributed by atoms with van der Waals surface area (Å²) < 4.78 is 0. The van der Waals surface area contributed by atoms with E-state index in [2.05, 4.69) is 17.6 Å². The molecule has 0 bridgehead atoms. The zero-order valence-corrected chi connectivity index (χ0v) is 11.3. The van der Waals surface area contributed by atoms with Crippen LogP contribution in [0.15, 0.2) is 0 Å². The van der Waals surface area contributed by atoms with Gasteiger partial charge in [0.1, 0.15) is 0 Å². The number of carbonyl (C=O) groups excluding carboxylic acids is 1. The summed E-state index contributed by atoms with van der Waals surface area (Å²) >= 11 is 0. The van der Waals surface area contributed by atoms with Crippen LogP contribution in [0.2, 0.25) is 0 Å². The molecule has 4 atom stereocenters. The number of amides is 1. The van der Waals surface area contributed by atoms with Crippen LogP contribution in [0.3, 0.4) is 0 Å². The first-order valence-corrected chi connectivity index (χ1v) is 7.35. The Morgan fingerprint density at radius 1 is 1.33 bits per heavy atom. The predicted octanol–water partition coefficient (Wildman–Crippen LogP) is 1.04. The Kier molecular flexibility index (Phi) is 5.01. The summed E-state index contributed by atoms with van der Waals surface area (Å²) in [6.45, 7) is 3.28. The number of hydrogen-bond donors (Lipinski definition) is 3. The van der Waals surface area contributed by atoms with Crippen molar-refractivity contribution in [1.29, 1.82) is 0 Å². The SMILES string of the molecule is CC1CC(C(=O)NC2CCCCC2CO)CCN1. The average Bonchev–Trinajstić information content (AvgIpc) is 2.39. The zero-order valence-electron chi connectivity index (χ0n) is 11.3. The molecule has 0 spiro atoms. The predicted molar refractivity (Wildman–Crippen MR) is 71.2 cm³/mol. The number of aliphatic hydroxyl groups excluding tert-OH is 1. The van der Waals surface area contributed by atoms with Crippen LogP contribution in [-0.4, -0.2) is 36.2 Å². The molecule has 2 fully saturated rings. The van der Waals surface area contributed by atoms with E-state index in [1.54, 1.807) is 0 Å². The van der Waals surface area contributed by atoms with E-state index < -0.39 is 0 Å². The molecule has 3 N–H and O–H groups in total. The molecule has 0 aromatic rings. The molecule has 4 unspecified atom stereocenters. The van der Waals surface area contributed by atoms with E-state index >= 15 is 0 Å². The van der Waals surface area contributed by atoms with Crippen molar-refractivity contribution < 1.29 is 9.90 Å². The van der Waals surface area contributed by atoms with Gasteiger partial charge in [0, 0.05) is 30.5 Å². The number of piperidine rings is 1. The molecule has 4 heteroatoms. The Labute approximate surface area is 110 Å². The Hall–Kier alpha value is -0.610. The highest BCUT2D eigenvalue weighted by Crippen LogP contribution is 2.25. The number of hydrogen-bond acceptors (Lipinski definition) is 3. The minimum atomic E-state index is 0.155. The van der Waals surface area contributed by atoms with Crippen molar-refractivity contribution in [2.75, 3.05) is 13.2 Å². The Balaban J connectivity index is 1.85. The first kappa shape index (κ1) is 13.8. The lowest BCUT2D eigenvalue weighted by Gasteiger charge is -2.33. The summed E-state index contributed by atoms with van der Waals surface area (Å²) in [5, 5.41) is 15.9. The van der Waals surface area contributed by atoms with E-state index in [4.69, 9.17) is 0 Å². The van der Waals surface area contributed by atoms with E-state index in [0.29, 0.717) is 6.04 Å². The third-order valence-electron chi connectivity index (χ3n) is 4.47. The van der Waals surface area contributed by atoms with Crippen molar-refractivity contribution in [2.24, 2.45) is 11.8 Å². The van der Waals surface area contributed by atoms with Gasteiger partial charge in [-0.25, -0.2) is 0 Å². The highest BCUT2D eigenvalue weighted by atomic mass is 16.3. The van der Waals surface area contributed by atoms with Crippen LogP contribution < -0.4 is 10.6 Å². The minimum Gasteiger partial charge on any atom is -0.396 e. The molecule has 1 aliphatic carbocycles. The standard InChI is InChI=1S/C14H26N2O2/c1-10-8-11(6-7-15-10)14(18)16-13-5-3-2-4-12(13)9-17/h10-13,15,17H,2-9H2,1H3,(H,16,18). The van der Waals surface area contributed by atoms with Gasteiger partial charge in [-0.1, -0.05) is 12.8 Å². The molecule has 1 heterocycles. The molecular weight excluding hydrogens is 228 g/mol. The van der Waals surface area contributed by atoms with E-state index in [0.717, 1.165) is 32.2 Å². The average molecular weight is 254 g/mol. The maximum atomic E-state index is 12.3. The van der Waals surface area contributed by atoms with Gasteiger partial charge >= 0.3 is 0 Å². The summed E-state index contributed by atoms with van der Waals surface area (Å²) in [7, 11) is 0. The molecule has 2 aliphatic rings. The largest absolute Gasteiger partial charge is 0.396 e. The van der Waals surface area contributed by atoms with Crippen molar-refractivity contribution in [2.45, 2.75) is 57.5 Å². The quantitative estimate of drug-likeness (QED) is 0.705. The molecule has 0 radical (unpaired) electrons. The molecule has 2 rings (SSSR count). The normalized spacial score (nSPS) is 37.2. The lowest BCUT2D eigenvalue weighted by molar-refractivity contribution is -0.127. The van der Waals surface area contributed by atoms with Crippen molar-refractivity contribution in [3.8, 4) is 0 Å². The molecule has 18 heavy (non-hydrogen) atoms. The van der Waals surface area contributed by atoms with Crippen LogP contribution in [-0.2, 0) is 4.79 Å². The second-order valence-electron chi connectivity index (χ2n) is 5.92. The van der Waals surface area contributed by atoms with Crippen LogP contribution in [0, 0.1) is 11.8 Å². The minimum absolute atomic E-state index is 0.155. The number of nitrogens with one attached hydrogen (secondary N) is 2. The van der Waals surface area contributed by atoms with Gasteiger partial charge in [0.25, 0.3) is 0 Å². The smallest absolute Gasteiger partial charge is 0.223 e. The summed E-state index contributed by atoms with van der Waals surface area (Å²) in [6.07, 6.45) is 6.29. The van der Waals surface area contributed by atoms with E-state index in [9.17, 15) is 9.90 Å². The molecule has 0 aromatic carbocycles. The fourth-order valence-electron chi connectivity index (χ4n) is 3.29. The first-order chi connectivity index (χ1) is 8.70. The molecule has 104 valence electrons. The Morgan fingerprint density at radius 3 is 2.83 bits per heavy atom. The third-order valence-corrected chi connectivity index (χ3v) is 4.47.